The summed E-state index contributed by atoms with van der Waals surface area (Å²) in [5.41, 5.74) is 1.72. The summed E-state index contributed by atoms with van der Waals surface area (Å²) >= 11 is 3.50. The number of ether oxygens (including phenoxy) is 1. The third-order valence-corrected chi connectivity index (χ3v) is 3.23. The number of amides is 1. The van der Waals surface area contributed by atoms with Crippen molar-refractivity contribution in [2.75, 3.05) is 0 Å². The second-order valence-corrected chi connectivity index (χ2v) is 5.70. The summed E-state index contributed by atoms with van der Waals surface area (Å²) in [6, 6.07) is 5.95. The Labute approximate surface area is 111 Å². The third kappa shape index (κ3) is 4.77. The fourth-order valence-corrected chi connectivity index (χ4v) is 1.73. The zero-order valence-corrected chi connectivity index (χ0v) is 12.2. The molecule has 0 saturated heterocycles. The number of rotatable bonds is 2. The van der Waals surface area contributed by atoms with Crippen molar-refractivity contribution in [3.63, 3.8) is 0 Å². The van der Waals surface area contributed by atoms with E-state index in [9.17, 15) is 4.79 Å². The van der Waals surface area contributed by atoms with Gasteiger partial charge in [0.25, 0.3) is 0 Å². The minimum atomic E-state index is -0.464. The molecule has 0 radical (unpaired) electrons. The van der Waals surface area contributed by atoms with Crippen molar-refractivity contribution in [2.24, 2.45) is 0 Å². The third-order valence-electron chi connectivity index (χ3n) is 2.09. The standard InChI is InChI=1S/C13H18BrNO2/c1-9-6-5-7-10(11(9)14)8-15-12(16)17-13(2,3)4/h5-7H,8H2,1-4H3,(H,15,16). The van der Waals surface area contributed by atoms with Crippen molar-refractivity contribution in [1.29, 1.82) is 0 Å². The molecule has 0 fully saturated rings. The number of alkyl carbamates (subject to hydrolysis) is 1. The topological polar surface area (TPSA) is 38.3 Å². The van der Waals surface area contributed by atoms with Gasteiger partial charge in [0, 0.05) is 11.0 Å². The number of benzene rings is 1. The molecule has 1 aromatic carbocycles. The first-order valence-electron chi connectivity index (χ1n) is 5.50. The van der Waals surface area contributed by atoms with Gasteiger partial charge in [0.05, 0.1) is 0 Å². The molecule has 3 nitrogen and oxygen atoms in total. The van der Waals surface area contributed by atoms with Crippen molar-refractivity contribution >= 4 is 22.0 Å². The summed E-state index contributed by atoms with van der Waals surface area (Å²) in [4.78, 5) is 11.5. The van der Waals surface area contributed by atoms with E-state index in [1.165, 1.54) is 0 Å². The van der Waals surface area contributed by atoms with Crippen LogP contribution in [0, 0.1) is 6.92 Å². The van der Waals surface area contributed by atoms with Crippen LogP contribution >= 0.6 is 15.9 Å². The smallest absolute Gasteiger partial charge is 0.407 e. The maximum atomic E-state index is 11.5. The lowest BCUT2D eigenvalue weighted by Gasteiger charge is -2.20. The zero-order valence-electron chi connectivity index (χ0n) is 10.6. The summed E-state index contributed by atoms with van der Waals surface area (Å²) in [6.45, 7) is 8.00. The Morgan fingerprint density at radius 3 is 2.65 bits per heavy atom. The molecule has 17 heavy (non-hydrogen) atoms. The highest BCUT2D eigenvalue weighted by atomic mass is 79.9. The number of hydrogen-bond acceptors (Lipinski definition) is 2. The van der Waals surface area contributed by atoms with Crippen molar-refractivity contribution in [3.8, 4) is 0 Å². The van der Waals surface area contributed by atoms with Gasteiger partial charge in [-0.25, -0.2) is 4.79 Å². The Balaban J connectivity index is 2.56. The van der Waals surface area contributed by atoms with Crippen LogP contribution in [0.15, 0.2) is 22.7 Å². The Bertz CT molecular complexity index is 410. The van der Waals surface area contributed by atoms with Gasteiger partial charge < -0.3 is 10.1 Å². The number of halogens is 1. The van der Waals surface area contributed by atoms with Crippen LogP contribution in [0.4, 0.5) is 4.79 Å². The van der Waals surface area contributed by atoms with E-state index in [0.717, 1.165) is 15.6 Å². The van der Waals surface area contributed by atoms with Crippen LogP contribution in [0.3, 0.4) is 0 Å². The Morgan fingerprint density at radius 2 is 2.06 bits per heavy atom. The minimum Gasteiger partial charge on any atom is -0.444 e. The van der Waals surface area contributed by atoms with Gasteiger partial charge in [0.15, 0.2) is 0 Å². The highest BCUT2D eigenvalue weighted by molar-refractivity contribution is 9.10. The SMILES string of the molecule is Cc1cccc(CNC(=O)OC(C)(C)C)c1Br. The van der Waals surface area contributed by atoms with Gasteiger partial charge in [0.2, 0.25) is 0 Å². The summed E-state index contributed by atoms with van der Waals surface area (Å²) in [5, 5.41) is 2.73. The molecular formula is C13H18BrNO2. The average Bonchev–Trinajstić information content (AvgIpc) is 2.18. The lowest BCUT2D eigenvalue weighted by Crippen LogP contribution is -2.32. The molecule has 0 aliphatic carbocycles. The lowest BCUT2D eigenvalue weighted by molar-refractivity contribution is 0.0523. The molecule has 0 atom stereocenters. The lowest BCUT2D eigenvalue weighted by atomic mass is 10.1. The van der Waals surface area contributed by atoms with Crippen molar-refractivity contribution in [2.45, 2.75) is 39.8 Å². The first-order chi connectivity index (χ1) is 7.79. The van der Waals surface area contributed by atoms with E-state index in [1.54, 1.807) is 0 Å². The summed E-state index contributed by atoms with van der Waals surface area (Å²) < 4.78 is 6.19. The maximum Gasteiger partial charge on any atom is 0.407 e. The molecule has 1 rings (SSSR count). The fraction of sp³-hybridized carbons (Fsp3) is 0.462. The summed E-state index contributed by atoms with van der Waals surface area (Å²) in [6.07, 6.45) is -0.397. The van der Waals surface area contributed by atoms with E-state index in [1.807, 2.05) is 45.9 Å². The number of carbonyl (C=O) groups excluding carboxylic acids is 1. The maximum absolute atomic E-state index is 11.5. The minimum absolute atomic E-state index is 0.397. The Morgan fingerprint density at radius 1 is 1.41 bits per heavy atom. The van der Waals surface area contributed by atoms with Gasteiger partial charge in [-0.2, -0.15) is 0 Å². The normalized spacial score (nSPS) is 11.1. The second-order valence-electron chi connectivity index (χ2n) is 4.90. The van der Waals surface area contributed by atoms with E-state index < -0.39 is 11.7 Å². The first kappa shape index (κ1) is 14.0. The van der Waals surface area contributed by atoms with Gasteiger partial charge in [0.1, 0.15) is 5.60 Å². The number of nitrogens with one attached hydrogen (secondary N) is 1. The van der Waals surface area contributed by atoms with E-state index in [0.29, 0.717) is 6.54 Å². The predicted molar refractivity (Wildman–Crippen MR) is 72.0 cm³/mol. The van der Waals surface area contributed by atoms with Crippen LogP contribution in [0.1, 0.15) is 31.9 Å². The molecule has 1 aromatic rings. The van der Waals surface area contributed by atoms with E-state index in [2.05, 4.69) is 21.2 Å². The molecule has 0 unspecified atom stereocenters. The van der Waals surface area contributed by atoms with Crippen LogP contribution < -0.4 is 5.32 Å². The van der Waals surface area contributed by atoms with Gasteiger partial charge in [-0.05, 0) is 38.8 Å². The number of carbonyl (C=O) groups is 1. The zero-order chi connectivity index (χ0) is 13.1. The summed E-state index contributed by atoms with van der Waals surface area (Å²) in [5.74, 6) is 0. The van der Waals surface area contributed by atoms with Gasteiger partial charge in [-0.15, -0.1) is 0 Å². The monoisotopic (exact) mass is 299 g/mol. The number of aryl methyl sites for hydroxylation is 1. The van der Waals surface area contributed by atoms with Crippen molar-refractivity contribution in [1.82, 2.24) is 5.32 Å². The van der Waals surface area contributed by atoms with Crippen LogP contribution in [0.25, 0.3) is 0 Å². The highest BCUT2D eigenvalue weighted by Gasteiger charge is 2.15. The molecule has 0 spiro atoms. The average molecular weight is 300 g/mol. The van der Waals surface area contributed by atoms with Crippen LogP contribution in [-0.2, 0) is 11.3 Å². The molecule has 0 aromatic heterocycles. The fourth-order valence-electron chi connectivity index (χ4n) is 1.33. The Hall–Kier alpha value is -1.03. The van der Waals surface area contributed by atoms with Crippen LogP contribution in [0.5, 0.6) is 0 Å². The van der Waals surface area contributed by atoms with Gasteiger partial charge in [-0.3, -0.25) is 0 Å². The predicted octanol–water partition coefficient (Wildman–Crippen LogP) is 3.78. The van der Waals surface area contributed by atoms with Crippen molar-refractivity contribution in [3.05, 3.63) is 33.8 Å². The molecule has 1 N–H and O–H groups in total. The molecule has 0 bridgehead atoms. The van der Waals surface area contributed by atoms with E-state index in [4.69, 9.17) is 4.74 Å². The van der Waals surface area contributed by atoms with Gasteiger partial charge in [-0.1, -0.05) is 34.1 Å². The van der Waals surface area contributed by atoms with E-state index in [-0.39, 0.29) is 0 Å². The largest absolute Gasteiger partial charge is 0.444 e. The molecule has 0 heterocycles. The Kier molecular flexibility index (Phi) is 4.57. The van der Waals surface area contributed by atoms with E-state index >= 15 is 0 Å². The van der Waals surface area contributed by atoms with Gasteiger partial charge >= 0.3 is 6.09 Å². The molecule has 0 aliphatic rings. The molecular weight excluding hydrogens is 282 g/mol. The highest BCUT2D eigenvalue weighted by Crippen LogP contribution is 2.20. The quantitative estimate of drug-likeness (QED) is 0.902. The second kappa shape index (κ2) is 5.54. The molecule has 94 valence electrons. The molecule has 4 heteroatoms. The molecule has 1 amide bonds. The van der Waals surface area contributed by atoms with Crippen molar-refractivity contribution < 1.29 is 9.53 Å². The van der Waals surface area contributed by atoms with Crippen LogP contribution in [-0.4, -0.2) is 11.7 Å². The first-order valence-corrected chi connectivity index (χ1v) is 6.30. The van der Waals surface area contributed by atoms with Crippen LogP contribution in [0.2, 0.25) is 0 Å². The molecule has 0 saturated carbocycles. The number of hydrogen-bond donors (Lipinski definition) is 1. The molecule has 0 aliphatic heterocycles. The summed E-state index contributed by atoms with van der Waals surface area (Å²) in [7, 11) is 0.